The molecule has 0 aliphatic rings. The lowest BCUT2D eigenvalue weighted by Gasteiger charge is -2.07. The van der Waals surface area contributed by atoms with E-state index in [1.165, 1.54) is 0 Å². The molecule has 0 spiro atoms. The maximum absolute atomic E-state index is 5.10. The Labute approximate surface area is 64.6 Å². The summed E-state index contributed by atoms with van der Waals surface area (Å²) in [5.74, 6) is 0. The van der Waals surface area contributed by atoms with Crippen LogP contribution in [-0.2, 0) is 8.85 Å². The highest BCUT2D eigenvalue weighted by Crippen LogP contribution is 1.97. The number of hydrogen-bond acceptors (Lipinski definition) is 3. The van der Waals surface area contributed by atoms with Gasteiger partial charge in [-0.2, -0.15) is 0 Å². The molecule has 0 aromatic heterocycles. The molecular weight excluding hydrogens is 146 g/mol. The Morgan fingerprint density at radius 2 is 1.90 bits per heavy atom. The third kappa shape index (κ3) is 4.93. The lowest BCUT2D eigenvalue weighted by Crippen LogP contribution is -2.20. The summed E-state index contributed by atoms with van der Waals surface area (Å²) in [5, 5.41) is 3.08. The van der Waals surface area contributed by atoms with Gasteiger partial charge in [-0.3, -0.25) is 0 Å². The van der Waals surface area contributed by atoms with Gasteiger partial charge in [-0.15, -0.1) is 0 Å². The lowest BCUT2D eigenvalue weighted by atomic mass is 10.5. The molecule has 0 aromatic carbocycles. The van der Waals surface area contributed by atoms with Crippen LogP contribution in [0.4, 0.5) is 0 Å². The second kappa shape index (κ2) is 7.21. The van der Waals surface area contributed by atoms with Gasteiger partial charge in [0.25, 0.3) is 0 Å². The van der Waals surface area contributed by atoms with Crippen LogP contribution in [0.25, 0.3) is 0 Å². The second-order valence-corrected chi connectivity index (χ2v) is 4.05. The van der Waals surface area contributed by atoms with Crippen molar-refractivity contribution in [3.8, 4) is 0 Å². The van der Waals surface area contributed by atoms with Crippen LogP contribution in [0.2, 0.25) is 6.04 Å². The summed E-state index contributed by atoms with van der Waals surface area (Å²) in [5.41, 5.74) is 0. The fraction of sp³-hybridized carbons (Fsp3) is 1.00. The molecule has 4 heteroatoms. The van der Waals surface area contributed by atoms with Gasteiger partial charge in [0, 0.05) is 14.2 Å². The van der Waals surface area contributed by atoms with Gasteiger partial charge >= 0.3 is 9.28 Å². The molecule has 1 N–H and O–H groups in total. The quantitative estimate of drug-likeness (QED) is 0.452. The van der Waals surface area contributed by atoms with E-state index in [4.69, 9.17) is 8.85 Å². The third-order valence-corrected chi connectivity index (χ3v) is 2.94. The van der Waals surface area contributed by atoms with E-state index in [1.807, 2.05) is 7.05 Å². The maximum atomic E-state index is 5.10. The van der Waals surface area contributed by atoms with Crippen LogP contribution in [0.1, 0.15) is 6.42 Å². The van der Waals surface area contributed by atoms with Crippen LogP contribution < -0.4 is 5.32 Å². The zero-order valence-electron chi connectivity index (χ0n) is 6.94. The molecule has 0 aliphatic heterocycles. The molecule has 0 fully saturated rings. The predicted molar refractivity (Wildman–Crippen MR) is 43.1 cm³/mol. The van der Waals surface area contributed by atoms with Crippen LogP contribution in [0.5, 0.6) is 0 Å². The molecule has 3 nitrogen and oxygen atoms in total. The predicted octanol–water partition coefficient (Wildman–Crippen LogP) is 0.377. The Morgan fingerprint density at radius 3 is 2.30 bits per heavy atom. The molecule has 0 unspecified atom stereocenters. The van der Waals surface area contributed by atoms with Gasteiger partial charge in [0.15, 0.2) is 0 Å². The average molecular weight is 162 g/mol. The summed E-state index contributed by atoms with van der Waals surface area (Å²) < 4.78 is 10.2. The summed E-state index contributed by atoms with van der Waals surface area (Å²) in [6, 6.07) is 1.05. The van der Waals surface area contributed by atoms with Gasteiger partial charge in [-0.05, 0) is 26.1 Å². The summed E-state index contributed by atoms with van der Waals surface area (Å²) in [6.45, 7) is 1.04. The van der Waals surface area contributed by atoms with E-state index in [9.17, 15) is 0 Å². The fourth-order valence-electron chi connectivity index (χ4n) is 0.697. The fourth-order valence-corrected chi connectivity index (χ4v) is 1.74. The Hall–Kier alpha value is 0.0969. The van der Waals surface area contributed by atoms with Crippen LogP contribution in [0.3, 0.4) is 0 Å². The zero-order valence-corrected chi connectivity index (χ0v) is 7.94. The molecule has 0 aliphatic carbocycles. The molecule has 0 saturated heterocycles. The van der Waals surface area contributed by atoms with E-state index in [-0.39, 0.29) is 0 Å². The number of nitrogens with one attached hydrogen (secondary N) is 1. The van der Waals surface area contributed by atoms with Gasteiger partial charge in [0.05, 0.1) is 0 Å². The van der Waals surface area contributed by atoms with Crippen molar-refractivity contribution in [2.45, 2.75) is 12.5 Å². The highest BCUT2D eigenvalue weighted by atomic mass is 28.3. The summed E-state index contributed by atoms with van der Waals surface area (Å²) in [4.78, 5) is 0. The van der Waals surface area contributed by atoms with Crippen molar-refractivity contribution in [3.05, 3.63) is 0 Å². The first-order chi connectivity index (χ1) is 4.85. The van der Waals surface area contributed by atoms with Gasteiger partial charge < -0.3 is 14.2 Å². The monoisotopic (exact) mass is 162 g/mol. The highest BCUT2D eigenvalue weighted by molar-refractivity contribution is 6.44. The van der Waals surface area contributed by atoms with E-state index in [0.717, 1.165) is 19.0 Å². The van der Waals surface area contributed by atoms with Crippen LogP contribution in [0, 0.1) is 0 Å². The first-order valence-electron chi connectivity index (χ1n) is 3.43. The molecule has 0 amide bonds. The second-order valence-electron chi connectivity index (χ2n) is 1.99. The van der Waals surface area contributed by atoms with E-state index in [2.05, 4.69) is 5.32 Å². The third-order valence-electron chi connectivity index (χ3n) is 1.26. The van der Waals surface area contributed by atoms with E-state index in [0.29, 0.717) is 0 Å². The zero-order chi connectivity index (χ0) is 7.82. The largest absolute Gasteiger partial charge is 0.397 e. The first kappa shape index (κ1) is 10.1. The van der Waals surface area contributed by atoms with Crippen LogP contribution in [0.15, 0.2) is 0 Å². The van der Waals surface area contributed by atoms with Crippen molar-refractivity contribution < 1.29 is 8.85 Å². The molecule has 0 aromatic rings. The minimum atomic E-state index is -0.936. The standard InChI is InChI=1S/C6H16NO2Si/c1-7-5-4-6-10(8-2)9-3/h7H,4-6H2,1-3H3. The van der Waals surface area contributed by atoms with E-state index >= 15 is 0 Å². The minimum Gasteiger partial charge on any atom is -0.397 e. The molecule has 0 rings (SSSR count). The molecule has 0 saturated carbocycles. The molecule has 0 bridgehead atoms. The Bertz CT molecular complexity index is 68.8. The lowest BCUT2D eigenvalue weighted by molar-refractivity contribution is 0.276. The Balaban J connectivity index is 3.09. The van der Waals surface area contributed by atoms with Gasteiger partial charge in [0.1, 0.15) is 0 Å². The molecule has 10 heavy (non-hydrogen) atoms. The summed E-state index contributed by atoms with van der Waals surface area (Å²) in [6.07, 6.45) is 1.13. The normalized spacial score (nSPS) is 10.8. The van der Waals surface area contributed by atoms with Crippen LogP contribution >= 0.6 is 0 Å². The highest BCUT2D eigenvalue weighted by Gasteiger charge is 2.09. The first-order valence-corrected chi connectivity index (χ1v) is 4.96. The van der Waals surface area contributed by atoms with Gasteiger partial charge in [-0.1, -0.05) is 0 Å². The molecule has 61 valence electrons. The van der Waals surface area contributed by atoms with Crippen molar-refractivity contribution in [2.24, 2.45) is 0 Å². The maximum Gasteiger partial charge on any atom is 0.384 e. The number of hydrogen-bond donors (Lipinski definition) is 1. The average Bonchev–Trinajstić information content (AvgIpc) is 1.99. The smallest absolute Gasteiger partial charge is 0.384 e. The molecule has 0 heterocycles. The molecule has 1 radical (unpaired) electrons. The molecule has 0 atom stereocenters. The Morgan fingerprint density at radius 1 is 1.30 bits per heavy atom. The van der Waals surface area contributed by atoms with Gasteiger partial charge in [0.2, 0.25) is 0 Å². The Kier molecular flexibility index (Phi) is 7.28. The minimum absolute atomic E-state index is 0.936. The van der Waals surface area contributed by atoms with E-state index in [1.54, 1.807) is 14.2 Å². The van der Waals surface area contributed by atoms with Gasteiger partial charge in [-0.25, -0.2) is 0 Å². The van der Waals surface area contributed by atoms with Crippen molar-refractivity contribution in [1.82, 2.24) is 5.32 Å². The van der Waals surface area contributed by atoms with Crippen molar-refractivity contribution in [3.63, 3.8) is 0 Å². The SMILES string of the molecule is CNCCC[Si](OC)OC. The topological polar surface area (TPSA) is 30.5 Å². The van der Waals surface area contributed by atoms with Crippen LogP contribution in [-0.4, -0.2) is 37.1 Å². The van der Waals surface area contributed by atoms with E-state index < -0.39 is 9.28 Å². The summed E-state index contributed by atoms with van der Waals surface area (Å²) >= 11 is 0. The molecular formula is C6H16NO2Si. The van der Waals surface area contributed by atoms with Crippen molar-refractivity contribution >= 4 is 9.28 Å². The number of rotatable bonds is 6. The summed E-state index contributed by atoms with van der Waals surface area (Å²) in [7, 11) is 4.43. The van der Waals surface area contributed by atoms with Crippen molar-refractivity contribution in [1.29, 1.82) is 0 Å². The van der Waals surface area contributed by atoms with Crippen molar-refractivity contribution in [2.75, 3.05) is 27.8 Å².